The molecule has 0 fully saturated rings. The van der Waals surface area contributed by atoms with Gasteiger partial charge in [0.25, 0.3) is 0 Å². The van der Waals surface area contributed by atoms with Gasteiger partial charge in [0.2, 0.25) is 5.95 Å². The predicted octanol–water partition coefficient (Wildman–Crippen LogP) is 12.2. The minimum atomic E-state index is 0.534. The zero-order valence-corrected chi connectivity index (χ0v) is 27.9. The normalized spacial score (nSPS) is 11.9. The Balaban J connectivity index is 1.30. The van der Waals surface area contributed by atoms with Crippen molar-refractivity contribution in [3.63, 3.8) is 0 Å². The first-order chi connectivity index (χ1) is 25.3. The summed E-state index contributed by atoms with van der Waals surface area (Å²) in [4.78, 5) is 15.4. The molecular formula is C45H26N4OS. The molecule has 0 aliphatic heterocycles. The first-order valence-corrected chi connectivity index (χ1v) is 17.8. The van der Waals surface area contributed by atoms with Gasteiger partial charge in [-0.15, -0.1) is 11.3 Å². The van der Waals surface area contributed by atoms with E-state index in [1.165, 1.54) is 20.2 Å². The van der Waals surface area contributed by atoms with Crippen LogP contribution in [0.15, 0.2) is 162 Å². The number of fused-ring (bicyclic) bond motifs is 10. The summed E-state index contributed by atoms with van der Waals surface area (Å²) in [5.74, 6) is 1.75. The molecule has 0 saturated carbocycles. The molecule has 0 N–H and O–H groups in total. The van der Waals surface area contributed by atoms with Crippen molar-refractivity contribution in [3.8, 4) is 39.9 Å². The highest BCUT2D eigenvalue weighted by Gasteiger charge is 2.25. The summed E-state index contributed by atoms with van der Waals surface area (Å²) in [5.41, 5.74) is 7.69. The van der Waals surface area contributed by atoms with Gasteiger partial charge in [0.1, 0.15) is 11.1 Å². The highest BCUT2D eigenvalue weighted by Crippen LogP contribution is 2.46. The molecule has 51 heavy (non-hydrogen) atoms. The van der Waals surface area contributed by atoms with Crippen molar-refractivity contribution < 1.29 is 4.42 Å². The van der Waals surface area contributed by atoms with Crippen molar-refractivity contribution in [2.45, 2.75) is 0 Å². The molecule has 7 aromatic carbocycles. The molecule has 238 valence electrons. The number of nitrogens with zero attached hydrogens (tertiary/aromatic N) is 4. The van der Waals surface area contributed by atoms with Gasteiger partial charge in [0, 0.05) is 52.8 Å². The van der Waals surface area contributed by atoms with E-state index in [9.17, 15) is 0 Å². The van der Waals surface area contributed by atoms with Gasteiger partial charge in [-0.1, -0.05) is 121 Å². The van der Waals surface area contributed by atoms with E-state index in [1.54, 1.807) is 0 Å². The molecule has 0 bridgehead atoms. The van der Waals surface area contributed by atoms with Gasteiger partial charge >= 0.3 is 0 Å². The maximum Gasteiger partial charge on any atom is 0.238 e. The Labute approximate surface area is 295 Å². The molecule has 4 heterocycles. The first-order valence-electron chi connectivity index (χ1n) is 16.9. The van der Waals surface area contributed by atoms with Gasteiger partial charge in [0.15, 0.2) is 17.2 Å². The van der Waals surface area contributed by atoms with Gasteiger partial charge in [0.05, 0.1) is 5.52 Å². The van der Waals surface area contributed by atoms with E-state index in [0.717, 1.165) is 66.0 Å². The summed E-state index contributed by atoms with van der Waals surface area (Å²) < 4.78 is 11.6. The van der Waals surface area contributed by atoms with E-state index < -0.39 is 0 Å². The summed E-state index contributed by atoms with van der Waals surface area (Å²) in [7, 11) is 0. The fourth-order valence-electron chi connectivity index (χ4n) is 7.56. The molecule has 5 nitrogen and oxygen atoms in total. The van der Waals surface area contributed by atoms with Crippen LogP contribution in [0.25, 0.3) is 104 Å². The molecule has 4 aromatic heterocycles. The van der Waals surface area contributed by atoms with E-state index >= 15 is 0 Å². The van der Waals surface area contributed by atoms with Crippen LogP contribution >= 0.6 is 11.3 Å². The Morgan fingerprint density at radius 3 is 1.86 bits per heavy atom. The SMILES string of the molecule is c1ccc(-c2nc(-c3ccccc3)nc(-n3c4ccccc4c4c(-c5ccc6sc7ccccc7c6c5)cc5c6ccccc6oc5c43)n2)cc1. The molecule has 0 aliphatic carbocycles. The molecule has 0 unspecified atom stereocenters. The van der Waals surface area contributed by atoms with E-state index in [1.807, 2.05) is 84.1 Å². The molecule has 0 radical (unpaired) electrons. The lowest BCUT2D eigenvalue weighted by molar-refractivity contribution is 0.670. The molecule has 0 atom stereocenters. The fraction of sp³-hybridized carbons (Fsp3) is 0. The number of thiophene rings is 1. The van der Waals surface area contributed by atoms with Crippen molar-refractivity contribution >= 4 is 75.3 Å². The van der Waals surface area contributed by atoms with Crippen LogP contribution in [0, 0.1) is 0 Å². The monoisotopic (exact) mass is 670 g/mol. The molecule has 0 saturated heterocycles. The van der Waals surface area contributed by atoms with Gasteiger partial charge in [-0.25, -0.2) is 4.98 Å². The largest absolute Gasteiger partial charge is 0.454 e. The molecule has 11 rings (SSSR count). The summed E-state index contributed by atoms with van der Waals surface area (Å²) in [6.45, 7) is 0. The van der Waals surface area contributed by atoms with Crippen LogP contribution in [0.2, 0.25) is 0 Å². The topological polar surface area (TPSA) is 56.7 Å². The molecular weight excluding hydrogens is 645 g/mol. The minimum absolute atomic E-state index is 0.534. The second kappa shape index (κ2) is 10.9. The average Bonchev–Trinajstić information content (AvgIpc) is 3.88. The molecule has 0 aliphatic rings. The smallest absolute Gasteiger partial charge is 0.238 e. The highest BCUT2D eigenvalue weighted by molar-refractivity contribution is 7.25. The van der Waals surface area contributed by atoms with Crippen molar-refractivity contribution in [2.24, 2.45) is 0 Å². The number of aromatic nitrogens is 4. The zero-order chi connectivity index (χ0) is 33.5. The number of hydrogen-bond donors (Lipinski definition) is 0. The van der Waals surface area contributed by atoms with E-state index in [0.29, 0.717) is 17.6 Å². The minimum Gasteiger partial charge on any atom is -0.454 e. The van der Waals surface area contributed by atoms with E-state index in [4.69, 9.17) is 19.4 Å². The number of hydrogen-bond acceptors (Lipinski definition) is 5. The van der Waals surface area contributed by atoms with Crippen LogP contribution in [0.5, 0.6) is 0 Å². The van der Waals surface area contributed by atoms with Crippen molar-refractivity contribution in [1.29, 1.82) is 0 Å². The molecule has 11 aromatic rings. The fourth-order valence-corrected chi connectivity index (χ4v) is 8.64. The van der Waals surface area contributed by atoms with Crippen molar-refractivity contribution in [3.05, 3.63) is 158 Å². The van der Waals surface area contributed by atoms with E-state index in [2.05, 4.69) is 89.5 Å². The Hall–Kier alpha value is -6.63. The number of para-hydroxylation sites is 2. The second-order valence-electron chi connectivity index (χ2n) is 12.8. The summed E-state index contributed by atoms with van der Waals surface area (Å²) >= 11 is 1.84. The number of benzene rings is 7. The lowest BCUT2D eigenvalue weighted by atomic mass is 9.95. The Kier molecular flexibility index (Phi) is 6.05. The first kappa shape index (κ1) is 28.2. The van der Waals surface area contributed by atoms with Crippen molar-refractivity contribution in [1.82, 2.24) is 19.5 Å². The molecule has 0 amide bonds. The average molecular weight is 671 g/mol. The van der Waals surface area contributed by atoms with Crippen LogP contribution in [0.3, 0.4) is 0 Å². The van der Waals surface area contributed by atoms with Crippen LogP contribution in [-0.2, 0) is 0 Å². The third-order valence-electron chi connectivity index (χ3n) is 9.86. The van der Waals surface area contributed by atoms with Gasteiger partial charge in [-0.2, -0.15) is 9.97 Å². The van der Waals surface area contributed by atoms with Crippen LogP contribution < -0.4 is 0 Å². The Bertz CT molecular complexity index is 3080. The Morgan fingerprint density at radius 1 is 0.471 bits per heavy atom. The molecule has 6 heteroatoms. The van der Waals surface area contributed by atoms with Crippen LogP contribution in [-0.4, -0.2) is 19.5 Å². The number of rotatable bonds is 4. The van der Waals surface area contributed by atoms with Gasteiger partial charge in [-0.05, 0) is 47.5 Å². The highest BCUT2D eigenvalue weighted by atomic mass is 32.1. The summed E-state index contributed by atoms with van der Waals surface area (Å²) in [6, 6.07) is 54.9. The third-order valence-corrected chi connectivity index (χ3v) is 11.0. The van der Waals surface area contributed by atoms with Crippen LogP contribution in [0.4, 0.5) is 0 Å². The zero-order valence-electron chi connectivity index (χ0n) is 27.1. The predicted molar refractivity (Wildman–Crippen MR) is 211 cm³/mol. The third kappa shape index (κ3) is 4.30. The van der Waals surface area contributed by atoms with Gasteiger partial charge < -0.3 is 4.42 Å². The van der Waals surface area contributed by atoms with Crippen molar-refractivity contribution in [2.75, 3.05) is 0 Å². The maximum absolute atomic E-state index is 6.80. The van der Waals surface area contributed by atoms with Crippen LogP contribution in [0.1, 0.15) is 0 Å². The second-order valence-corrected chi connectivity index (χ2v) is 13.9. The standard InChI is InChI=1S/C45H26N4OS/c1-3-13-27(14-4-1)43-46-44(28-15-5-2-6-16-28)48-45(47-43)49-36-20-10-7-19-32(36)40-33(26-35-30-17-8-11-21-37(30)50-42(35)41(40)49)29-23-24-39-34(25-29)31-18-9-12-22-38(31)51-39/h1-26H. The quantitative estimate of drug-likeness (QED) is 0.187. The lowest BCUT2D eigenvalue weighted by Gasteiger charge is -2.12. The van der Waals surface area contributed by atoms with Gasteiger partial charge in [-0.3, -0.25) is 4.57 Å². The Morgan fingerprint density at radius 2 is 1.10 bits per heavy atom. The number of furan rings is 1. The maximum atomic E-state index is 6.80. The summed E-state index contributed by atoms with van der Waals surface area (Å²) in [6.07, 6.45) is 0. The molecule has 0 spiro atoms. The lowest BCUT2D eigenvalue weighted by Crippen LogP contribution is -2.06. The van der Waals surface area contributed by atoms with E-state index in [-0.39, 0.29) is 0 Å². The summed E-state index contributed by atoms with van der Waals surface area (Å²) in [5, 5.41) is 6.86.